The Bertz CT molecular complexity index is 1400. The van der Waals surface area contributed by atoms with Crippen molar-refractivity contribution in [2.75, 3.05) is 0 Å². The minimum atomic E-state index is -0.117. The third kappa shape index (κ3) is 2.74. The minimum Gasteiger partial charge on any atom is -0.0877 e. The van der Waals surface area contributed by atoms with Gasteiger partial charge in [0.1, 0.15) is 0 Å². The summed E-state index contributed by atoms with van der Waals surface area (Å²) in [5.41, 5.74) is 12.2. The molecular weight excluding hydrogens is 452 g/mol. The lowest BCUT2D eigenvalue weighted by molar-refractivity contribution is 0.681. The van der Waals surface area contributed by atoms with Crippen molar-refractivity contribution in [1.82, 2.24) is 0 Å². The van der Waals surface area contributed by atoms with Crippen LogP contribution in [-0.2, 0) is 5.41 Å². The predicted octanol–water partition coefficient (Wildman–Crippen LogP) is 8.79. The Morgan fingerprint density at radius 1 is 0.688 bits per heavy atom. The van der Waals surface area contributed by atoms with Gasteiger partial charge in [0.25, 0.3) is 0 Å². The molecule has 0 heterocycles. The smallest absolute Gasteiger partial charge is 0.0510 e. The molecule has 1 unspecified atom stereocenters. The van der Waals surface area contributed by atoms with Gasteiger partial charge in [0, 0.05) is 4.47 Å². The van der Waals surface area contributed by atoms with Crippen molar-refractivity contribution < 1.29 is 0 Å². The van der Waals surface area contributed by atoms with Crippen LogP contribution in [0.1, 0.15) is 35.6 Å². The summed E-state index contributed by atoms with van der Waals surface area (Å²) < 4.78 is 1.11. The highest BCUT2D eigenvalue weighted by Gasteiger charge is 2.49. The van der Waals surface area contributed by atoms with Gasteiger partial charge in [-0.2, -0.15) is 0 Å². The van der Waals surface area contributed by atoms with Gasteiger partial charge in [0.05, 0.1) is 5.41 Å². The maximum atomic E-state index is 3.56. The molecule has 2 aliphatic rings. The fourth-order valence-electron chi connectivity index (χ4n) is 5.65. The van der Waals surface area contributed by atoms with Crippen LogP contribution in [0.4, 0.5) is 0 Å². The van der Waals surface area contributed by atoms with E-state index in [0.717, 1.165) is 10.9 Å². The second-order valence-electron chi connectivity index (χ2n) is 8.66. The highest BCUT2D eigenvalue weighted by atomic mass is 79.9. The molecule has 0 saturated heterocycles. The standard InChI is InChI=1S/C31H23Br/c1-2-3-8-23-20-31(28-11-6-4-9-25(23)28)29-12-7-5-10-26(29)27-19-22(15-18-30(27)31)21-13-16-24(32)17-14-21/h2-19H,20H2,1H3/b3-2-,23-8+. The summed E-state index contributed by atoms with van der Waals surface area (Å²) in [5.74, 6) is 0. The second kappa shape index (κ2) is 7.46. The van der Waals surface area contributed by atoms with Gasteiger partial charge >= 0.3 is 0 Å². The molecule has 0 saturated carbocycles. The molecule has 1 spiro atoms. The van der Waals surface area contributed by atoms with E-state index in [0.29, 0.717) is 0 Å². The third-order valence-corrected chi connectivity index (χ3v) is 7.54. The van der Waals surface area contributed by atoms with Crippen LogP contribution in [0.15, 0.2) is 114 Å². The van der Waals surface area contributed by atoms with Gasteiger partial charge in [-0.25, -0.2) is 0 Å². The second-order valence-corrected chi connectivity index (χ2v) is 9.57. The summed E-state index contributed by atoms with van der Waals surface area (Å²) in [6.07, 6.45) is 7.58. The number of hydrogen-bond acceptors (Lipinski definition) is 0. The Balaban J connectivity index is 1.62. The fourth-order valence-corrected chi connectivity index (χ4v) is 5.91. The van der Waals surface area contributed by atoms with Gasteiger partial charge in [-0.15, -0.1) is 0 Å². The summed E-state index contributed by atoms with van der Waals surface area (Å²) in [7, 11) is 0. The molecule has 0 aliphatic heterocycles. The van der Waals surface area contributed by atoms with Crippen LogP contribution in [-0.4, -0.2) is 0 Å². The number of rotatable bonds is 2. The topological polar surface area (TPSA) is 0 Å². The predicted molar refractivity (Wildman–Crippen MR) is 139 cm³/mol. The molecule has 0 N–H and O–H groups in total. The Kier molecular flexibility index (Phi) is 4.55. The average Bonchev–Trinajstić information content (AvgIpc) is 3.32. The average molecular weight is 475 g/mol. The number of fused-ring (bicyclic) bond motifs is 7. The van der Waals surface area contributed by atoms with Crippen molar-refractivity contribution >= 4 is 21.5 Å². The Morgan fingerprint density at radius 3 is 2.06 bits per heavy atom. The molecule has 0 radical (unpaired) electrons. The zero-order chi connectivity index (χ0) is 21.7. The van der Waals surface area contributed by atoms with Crippen LogP contribution in [0.2, 0.25) is 0 Å². The van der Waals surface area contributed by atoms with E-state index in [-0.39, 0.29) is 5.41 Å². The number of allylic oxidation sites excluding steroid dienone is 4. The lowest BCUT2D eigenvalue weighted by Gasteiger charge is -2.28. The van der Waals surface area contributed by atoms with Crippen molar-refractivity contribution in [2.45, 2.75) is 18.8 Å². The van der Waals surface area contributed by atoms with Gasteiger partial charge in [-0.3, -0.25) is 0 Å². The van der Waals surface area contributed by atoms with E-state index >= 15 is 0 Å². The lowest BCUT2D eigenvalue weighted by Crippen LogP contribution is -2.23. The molecule has 4 aromatic rings. The molecule has 0 fully saturated rings. The summed E-state index contributed by atoms with van der Waals surface area (Å²) in [5, 5.41) is 0. The summed E-state index contributed by atoms with van der Waals surface area (Å²) >= 11 is 3.56. The van der Waals surface area contributed by atoms with Crippen LogP contribution in [0.25, 0.3) is 27.8 Å². The van der Waals surface area contributed by atoms with Gasteiger partial charge in [0.2, 0.25) is 0 Å². The molecule has 0 amide bonds. The molecular formula is C31H23Br. The third-order valence-electron chi connectivity index (χ3n) is 7.01. The SMILES string of the molecule is C/C=C\C=C1/CC2(c3ccccc31)c1ccccc1-c1cc(-c3ccc(Br)cc3)ccc12. The van der Waals surface area contributed by atoms with E-state index in [1.807, 2.05) is 0 Å². The van der Waals surface area contributed by atoms with Crippen molar-refractivity contribution in [3.8, 4) is 22.3 Å². The normalized spacial score (nSPS) is 19.5. The summed E-state index contributed by atoms with van der Waals surface area (Å²) in [4.78, 5) is 0. The minimum absolute atomic E-state index is 0.117. The van der Waals surface area contributed by atoms with Crippen LogP contribution in [0.3, 0.4) is 0 Å². The largest absolute Gasteiger partial charge is 0.0877 e. The number of benzene rings is 4. The first-order valence-corrected chi connectivity index (χ1v) is 11.9. The van der Waals surface area contributed by atoms with Gasteiger partial charge in [-0.1, -0.05) is 107 Å². The zero-order valence-electron chi connectivity index (χ0n) is 18.0. The van der Waals surface area contributed by atoms with Crippen LogP contribution >= 0.6 is 15.9 Å². The molecule has 0 aromatic heterocycles. The monoisotopic (exact) mass is 474 g/mol. The number of halogens is 1. The van der Waals surface area contributed by atoms with Crippen molar-refractivity contribution in [3.05, 3.63) is 136 Å². The van der Waals surface area contributed by atoms with E-state index in [9.17, 15) is 0 Å². The highest BCUT2D eigenvalue weighted by Crippen LogP contribution is 2.61. The first-order chi connectivity index (χ1) is 15.7. The van der Waals surface area contributed by atoms with Gasteiger partial charge < -0.3 is 0 Å². The molecule has 0 nitrogen and oxygen atoms in total. The van der Waals surface area contributed by atoms with E-state index in [2.05, 4.69) is 132 Å². The first-order valence-electron chi connectivity index (χ1n) is 11.1. The van der Waals surface area contributed by atoms with Crippen LogP contribution in [0, 0.1) is 0 Å². The van der Waals surface area contributed by atoms with E-state index in [1.165, 1.54) is 50.1 Å². The summed E-state index contributed by atoms with van der Waals surface area (Å²) in [6.45, 7) is 2.08. The fraction of sp³-hybridized carbons (Fsp3) is 0.0968. The molecule has 4 aromatic carbocycles. The zero-order valence-corrected chi connectivity index (χ0v) is 19.6. The molecule has 2 aliphatic carbocycles. The molecule has 154 valence electrons. The first kappa shape index (κ1) is 19.5. The van der Waals surface area contributed by atoms with Gasteiger partial charge in [-0.05, 0) is 81.6 Å². The summed E-state index contributed by atoms with van der Waals surface area (Å²) in [6, 6.07) is 33.6. The number of hydrogen-bond donors (Lipinski definition) is 0. The Hall–Kier alpha value is -3.16. The Morgan fingerprint density at radius 2 is 1.31 bits per heavy atom. The maximum Gasteiger partial charge on any atom is 0.0510 e. The van der Waals surface area contributed by atoms with Gasteiger partial charge in [0.15, 0.2) is 0 Å². The van der Waals surface area contributed by atoms with Crippen LogP contribution in [0.5, 0.6) is 0 Å². The highest BCUT2D eigenvalue weighted by molar-refractivity contribution is 9.10. The van der Waals surface area contributed by atoms with Crippen LogP contribution < -0.4 is 0 Å². The lowest BCUT2D eigenvalue weighted by atomic mass is 9.73. The van der Waals surface area contributed by atoms with Crippen molar-refractivity contribution in [3.63, 3.8) is 0 Å². The molecule has 0 bridgehead atoms. The molecule has 32 heavy (non-hydrogen) atoms. The van der Waals surface area contributed by atoms with E-state index < -0.39 is 0 Å². The van der Waals surface area contributed by atoms with E-state index in [1.54, 1.807) is 0 Å². The Labute approximate surface area is 198 Å². The maximum absolute atomic E-state index is 3.56. The molecule has 1 heteroatoms. The van der Waals surface area contributed by atoms with Crippen molar-refractivity contribution in [2.24, 2.45) is 0 Å². The molecule has 1 atom stereocenters. The quantitative estimate of drug-likeness (QED) is 0.272. The van der Waals surface area contributed by atoms with E-state index in [4.69, 9.17) is 0 Å². The van der Waals surface area contributed by atoms with Crippen molar-refractivity contribution in [1.29, 1.82) is 0 Å². The molecule has 6 rings (SSSR count).